The highest BCUT2D eigenvalue weighted by Gasteiger charge is 2.51. The molecule has 12 nitrogen and oxygen atoms in total. The molecule has 1 aromatic heterocycles. The number of thiazole rings is 1. The number of halogens is 1. The van der Waals surface area contributed by atoms with Gasteiger partial charge in [0, 0.05) is 5.38 Å². The summed E-state index contributed by atoms with van der Waals surface area (Å²) in [6.45, 7) is 1.33. The first-order valence-corrected chi connectivity index (χ1v) is 9.95. The first-order chi connectivity index (χ1) is 12.6. The van der Waals surface area contributed by atoms with Gasteiger partial charge in [-0.05, 0) is 6.92 Å². The van der Waals surface area contributed by atoms with E-state index in [1.54, 1.807) is 0 Å². The molecule has 3 amide bonds. The predicted molar refractivity (Wildman–Crippen MR) is 94.8 cm³/mol. The first-order valence-electron chi connectivity index (χ1n) is 7.14. The Morgan fingerprint density at radius 3 is 2.70 bits per heavy atom. The number of rotatable bonds is 7. The van der Waals surface area contributed by atoms with Gasteiger partial charge in [0.25, 0.3) is 11.8 Å². The highest BCUT2D eigenvalue weighted by Crippen LogP contribution is 2.23. The van der Waals surface area contributed by atoms with Crippen LogP contribution in [0, 0.1) is 0 Å². The Kier molecular flexibility index (Phi) is 6.35. The second kappa shape index (κ2) is 8.16. The third-order valence-electron chi connectivity index (χ3n) is 3.38. The zero-order chi connectivity index (χ0) is 20.4. The summed E-state index contributed by atoms with van der Waals surface area (Å²) in [6.07, 6.45) is 0. The SMILES string of the molecule is CO/N=C(/C(=O)NC1C(=O)N(S(=O)(=O)O)C1C)c1csc(NC(=O)CCl)n1. The molecular formula is C12H14ClN5O7S2. The van der Waals surface area contributed by atoms with E-state index in [0.717, 1.165) is 11.3 Å². The van der Waals surface area contributed by atoms with E-state index in [1.807, 2.05) is 0 Å². The summed E-state index contributed by atoms with van der Waals surface area (Å²) in [5, 5.41) is 9.84. The number of anilines is 1. The molecule has 1 aliphatic heterocycles. The van der Waals surface area contributed by atoms with Crippen molar-refractivity contribution in [2.75, 3.05) is 18.3 Å². The first kappa shape index (κ1) is 21.0. The van der Waals surface area contributed by atoms with Crippen LogP contribution >= 0.6 is 22.9 Å². The van der Waals surface area contributed by atoms with E-state index in [4.69, 9.17) is 16.2 Å². The van der Waals surface area contributed by atoms with Crippen LogP contribution in [-0.4, -0.2) is 70.8 Å². The smallest absolute Gasteiger partial charge is 0.362 e. The molecule has 2 unspecified atom stereocenters. The Morgan fingerprint density at radius 1 is 1.52 bits per heavy atom. The molecule has 0 aromatic carbocycles. The van der Waals surface area contributed by atoms with Crippen molar-refractivity contribution in [3.05, 3.63) is 11.1 Å². The lowest BCUT2D eigenvalue weighted by atomic mass is 10.0. The number of hydrogen-bond donors (Lipinski definition) is 3. The standard InChI is InChI=1S/C12H14ClN5O7S2/c1-5-8(11(21)18(5)27(22,23)24)16-10(20)9(17-25-2)6-4-26-12(14-6)15-7(19)3-13/h4-5,8H,3H2,1-2H3,(H,16,20)(H,14,15,19)(H,22,23,24)/b17-9+. The minimum Gasteiger partial charge on any atom is -0.398 e. The minimum absolute atomic E-state index is 0.0512. The third kappa shape index (κ3) is 4.52. The average molecular weight is 440 g/mol. The van der Waals surface area contributed by atoms with Crippen LogP contribution in [0.1, 0.15) is 12.6 Å². The van der Waals surface area contributed by atoms with E-state index in [0.29, 0.717) is 0 Å². The summed E-state index contributed by atoms with van der Waals surface area (Å²) in [6, 6.07) is -2.18. The lowest BCUT2D eigenvalue weighted by Crippen LogP contribution is -2.71. The van der Waals surface area contributed by atoms with Gasteiger partial charge in [0.1, 0.15) is 24.7 Å². The highest BCUT2D eigenvalue weighted by molar-refractivity contribution is 7.84. The molecule has 0 spiro atoms. The van der Waals surface area contributed by atoms with Crippen LogP contribution in [0.15, 0.2) is 10.5 Å². The summed E-state index contributed by atoms with van der Waals surface area (Å²) < 4.78 is 31.4. The fraction of sp³-hybridized carbons (Fsp3) is 0.417. The van der Waals surface area contributed by atoms with E-state index in [2.05, 4.69) is 25.6 Å². The molecule has 27 heavy (non-hydrogen) atoms. The molecule has 0 bridgehead atoms. The van der Waals surface area contributed by atoms with E-state index >= 15 is 0 Å². The zero-order valence-corrected chi connectivity index (χ0v) is 16.3. The molecule has 1 aliphatic rings. The third-order valence-corrected chi connectivity index (χ3v) is 5.39. The fourth-order valence-electron chi connectivity index (χ4n) is 2.20. The van der Waals surface area contributed by atoms with Crippen LogP contribution in [0.3, 0.4) is 0 Å². The number of amides is 3. The molecule has 2 heterocycles. The van der Waals surface area contributed by atoms with Crippen LogP contribution in [0.2, 0.25) is 0 Å². The summed E-state index contributed by atoms with van der Waals surface area (Å²) in [4.78, 5) is 44.2. The second-order valence-corrected chi connectivity index (χ2v) is 7.56. The number of hydrogen-bond acceptors (Lipinski definition) is 9. The lowest BCUT2D eigenvalue weighted by molar-refractivity contribution is -0.143. The number of carbonyl (C=O) groups excluding carboxylic acids is 3. The van der Waals surface area contributed by atoms with Gasteiger partial charge < -0.3 is 15.5 Å². The zero-order valence-electron chi connectivity index (χ0n) is 13.9. The minimum atomic E-state index is -4.71. The Balaban J connectivity index is 2.14. The molecule has 0 radical (unpaired) electrons. The predicted octanol–water partition coefficient (Wildman–Crippen LogP) is -0.811. The van der Waals surface area contributed by atoms with Crippen molar-refractivity contribution >= 4 is 61.8 Å². The number of β-lactam (4-membered cyclic amide) rings is 1. The van der Waals surface area contributed by atoms with Crippen molar-refractivity contribution in [3.63, 3.8) is 0 Å². The quantitative estimate of drug-likeness (QED) is 0.163. The molecule has 148 valence electrons. The van der Waals surface area contributed by atoms with E-state index in [-0.39, 0.29) is 26.7 Å². The topological polar surface area (TPSA) is 167 Å². The largest absolute Gasteiger partial charge is 0.398 e. The summed E-state index contributed by atoms with van der Waals surface area (Å²) in [5.41, 5.74) is -0.249. The van der Waals surface area contributed by atoms with Crippen LogP contribution < -0.4 is 10.6 Å². The Bertz CT molecular complexity index is 900. The molecule has 1 aromatic rings. The Labute approximate surface area is 162 Å². The highest BCUT2D eigenvalue weighted by atomic mass is 35.5. The number of alkyl halides is 1. The summed E-state index contributed by atoms with van der Waals surface area (Å²) in [5.74, 6) is -2.63. The van der Waals surface area contributed by atoms with Crippen molar-refractivity contribution in [2.24, 2.45) is 5.16 Å². The van der Waals surface area contributed by atoms with Crippen LogP contribution in [0.25, 0.3) is 0 Å². The molecular weight excluding hydrogens is 426 g/mol. The maximum absolute atomic E-state index is 12.4. The van der Waals surface area contributed by atoms with Gasteiger partial charge in [-0.1, -0.05) is 5.16 Å². The van der Waals surface area contributed by atoms with Gasteiger partial charge in [0.2, 0.25) is 5.91 Å². The number of nitrogens with one attached hydrogen (secondary N) is 2. The maximum Gasteiger partial charge on any atom is 0.362 e. The van der Waals surface area contributed by atoms with Crippen LogP contribution in [-0.2, 0) is 29.5 Å². The van der Waals surface area contributed by atoms with Gasteiger partial charge in [0.15, 0.2) is 10.8 Å². The summed E-state index contributed by atoms with van der Waals surface area (Å²) >= 11 is 6.39. The van der Waals surface area contributed by atoms with Gasteiger partial charge >= 0.3 is 10.3 Å². The fourth-order valence-corrected chi connectivity index (χ4v) is 3.86. The van der Waals surface area contributed by atoms with E-state index in [1.165, 1.54) is 19.4 Å². The molecule has 0 saturated carbocycles. The normalized spacial score (nSPS) is 20.1. The van der Waals surface area contributed by atoms with E-state index < -0.39 is 40.1 Å². The van der Waals surface area contributed by atoms with Crippen molar-refractivity contribution in [2.45, 2.75) is 19.0 Å². The molecule has 15 heteroatoms. The second-order valence-electron chi connectivity index (χ2n) is 5.15. The van der Waals surface area contributed by atoms with Crippen LogP contribution in [0.4, 0.5) is 5.13 Å². The average Bonchev–Trinajstić information content (AvgIpc) is 3.04. The van der Waals surface area contributed by atoms with Gasteiger partial charge in [-0.25, -0.2) is 9.29 Å². The van der Waals surface area contributed by atoms with E-state index in [9.17, 15) is 22.8 Å². The molecule has 3 N–H and O–H groups in total. The maximum atomic E-state index is 12.4. The van der Waals surface area contributed by atoms with Crippen molar-refractivity contribution in [1.29, 1.82) is 0 Å². The Hall–Kier alpha value is -2.29. The van der Waals surface area contributed by atoms with Gasteiger partial charge in [-0.3, -0.25) is 18.9 Å². The monoisotopic (exact) mass is 439 g/mol. The number of nitrogens with zero attached hydrogens (tertiary/aromatic N) is 3. The van der Waals surface area contributed by atoms with Crippen molar-refractivity contribution in [1.82, 2.24) is 14.6 Å². The van der Waals surface area contributed by atoms with Crippen LogP contribution in [0.5, 0.6) is 0 Å². The van der Waals surface area contributed by atoms with Crippen molar-refractivity contribution < 1.29 is 32.2 Å². The number of aromatic nitrogens is 1. The molecule has 0 aliphatic carbocycles. The lowest BCUT2D eigenvalue weighted by Gasteiger charge is -2.42. The summed E-state index contributed by atoms with van der Waals surface area (Å²) in [7, 11) is -3.52. The molecule has 1 saturated heterocycles. The van der Waals surface area contributed by atoms with Crippen molar-refractivity contribution in [3.8, 4) is 0 Å². The van der Waals surface area contributed by atoms with Gasteiger partial charge in [-0.15, -0.1) is 22.9 Å². The number of carbonyl (C=O) groups is 3. The molecule has 2 rings (SSSR count). The van der Waals surface area contributed by atoms with Gasteiger partial charge in [-0.2, -0.15) is 8.42 Å². The van der Waals surface area contributed by atoms with Gasteiger partial charge in [0.05, 0.1) is 6.04 Å². The number of oxime groups is 1. The molecule has 2 atom stereocenters. The molecule has 1 fully saturated rings. The Morgan fingerprint density at radius 2 is 2.19 bits per heavy atom.